The minimum absolute atomic E-state index is 0.0895. The minimum Gasteiger partial charge on any atom is -0.494 e. The van der Waals surface area contributed by atoms with Gasteiger partial charge in [0.2, 0.25) is 0 Å². The van der Waals surface area contributed by atoms with Gasteiger partial charge in [-0.15, -0.1) is 10.2 Å². The van der Waals surface area contributed by atoms with Gasteiger partial charge in [0, 0.05) is 24.5 Å². The average molecular weight is 539 g/mol. The highest BCUT2D eigenvalue weighted by atomic mass is 35.5. The lowest BCUT2D eigenvalue weighted by Crippen LogP contribution is -2.28. The molecule has 0 radical (unpaired) electrons. The summed E-state index contributed by atoms with van der Waals surface area (Å²) in [6.45, 7) is 1.95. The quantitative estimate of drug-likeness (QED) is 0.341. The van der Waals surface area contributed by atoms with E-state index in [0.29, 0.717) is 23.3 Å². The molecule has 4 aromatic rings. The average Bonchev–Trinajstić information content (AvgIpc) is 3.34. The standard InChI is InChI=1S/C25H23ClN6O4S/c1-16-12-19(15-28-14-16)24-30-31-25(32(24)22-21(35-2)9-8-20(26)23(22)36-3)37(33,34)29-11-10-17-4-6-18(13-27)7-5-17/h4-9,12,14-15,29H,10-11H2,1-3H3. The summed E-state index contributed by atoms with van der Waals surface area (Å²) in [6.07, 6.45) is 3.64. The van der Waals surface area contributed by atoms with Gasteiger partial charge in [-0.3, -0.25) is 9.55 Å². The summed E-state index contributed by atoms with van der Waals surface area (Å²) >= 11 is 6.41. The first-order valence-corrected chi connectivity index (χ1v) is 12.9. The van der Waals surface area contributed by atoms with Crippen molar-refractivity contribution in [3.8, 4) is 34.6 Å². The molecule has 37 heavy (non-hydrogen) atoms. The number of aryl methyl sites for hydroxylation is 1. The van der Waals surface area contributed by atoms with Gasteiger partial charge in [-0.25, -0.2) is 13.1 Å². The molecule has 2 aromatic heterocycles. The summed E-state index contributed by atoms with van der Waals surface area (Å²) in [7, 11) is -1.29. The van der Waals surface area contributed by atoms with Crippen LogP contribution in [-0.4, -0.2) is 48.9 Å². The molecular formula is C25H23ClN6O4S. The van der Waals surface area contributed by atoms with E-state index in [1.165, 1.54) is 18.8 Å². The Bertz CT molecular complexity index is 1580. The summed E-state index contributed by atoms with van der Waals surface area (Å²) in [5.41, 5.74) is 3.01. The number of rotatable bonds is 9. The number of aromatic nitrogens is 4. The van der Waals surface area contributed by atoms with Crippen molar-refractivity contribution in [2.24, 2.45) is 0 Å². The first-order chi connectivity index (χ1) is 17.8. The fraction of sp³-hybridized carbons (Fsp3) is 0.200. The number of methoxy groups -OCH3 is 2. The number of pyridine rings is 1. The smallest absolute Gasteiger partial charge is 0.276 e. The minimum atomic E-state index is -4.17. The molecular weight excluding hydrogens is 516 g/mol. The van der Waals surface area contributed by atoms with Crippen molar-refractivity contribution in [1.82, 2.24) is 24.5 Å². The normalized spacial score (nSPS) is 11.2. The zero-order valence-electron chi connectivity index (χ0n) is 20.3. The van der Waals surface area contributed by atoms with Crippen molar-refractivity contribution in [2.75, 3.05) is 20.8 Å². The van der Waals surface area contributed by atoms with Crippen molar-refractivity contribution in [2.45, 2.75) is 18.5 Å². The Balaban J connectivity index is 1.81. The number of ether oxygens (including phenoxy) is 2. The number of hydrogen-bond acceptors (Lipinski definition) is 8. The van der Waals surface area contributed by atoms with Crippen LogP contribution in [0.3, 0.4) is 0 Å². The van der Waals surface area contributed by atoms with Crippen LogP contribution in [0, 0.1) is 18.3 Å². The van der Waals surface area contributed by atoms with Crippen LogP contribution in [0.25, 0.3) is 17.1 Å². The predicted octanol–water partition coefficient (Wildman–Crippen LogP) is 3.70. The van der Waals surface area contributed by atoms with Gasteiger partial charge < -0.3 is 9.47 Å². The largest absolute Gasteiger partial charge is 0.494 e. The van der Waals surface area contributed by atoms with E-state index in [2.05, 4.69) is 26.0 Å². The number of benzene rings is 2. The van der Waals surface area contributed by atoms with Gasteiger partial charge >= 0.3 is 0 Å². The van der Waals surface area contributed by atoms with Crippen LogP contribution >= 0.6 is 11.6 Å². The number of nitriles is 1. The highest BCUT2D eigenvalue weighted by Gasteiger charge is 2.30. The van der Waals surface area contributed by atoms with Gasteiger partial charge in [-0.2, -0.15) is 5.26 Å². The molecule has 12 heteroatoms. The molecule has 2 aromatic carbocycles. The second-order valence-corrected chi connectivity index (χ2v) is 10.0. The monoisotopic (exact) mass is 538 g/mol. The fourth-order valence-corrected chi connectivity index (χ4v) is 5.05. The first kappa shape index (κ1) is 26.1. The van der Waals surface area contributed by atoms with Crippen molar-refractivity contribution in [3.63, 3.8) is 0 Å². The predicted molar refractivity (Wildman–Crippen MR) is 137 cm³/mol. The van der Waals surface area contributed by atoms with E-state index in [1.807, 2.05) is 13.0 Å². The number of halogens is 1. The maximum atomic E-state index is 13.5. The molecule has 2 heterocycles. The highest BCUT2D eigenvalue weighted by molar-refractivity contribution is 7.89. The van der Waals surface area contributed by atoms with Gasteiger partial charge in [-0.1, -0.05) is 23.7 Å². The highest BCUT2D eigenvalue weighted by Crippen LogP contribution is 2.41. The van der Waals surface area contributed by atoms with Crippen LogP contribution in [0.15, 0.2) is 60.0 Å². The molecule has 0 saturated carbocycles. The van der Waals surface area contributed by atoms with E-state index in [4.69, 9.17) is 26.3 Å². The maximum Gasteiger partial charge on any atom is 0.276 e. The second kappa shape index (κ2) is 11.0. The molecule has 0 unspecified atom stereocenters. The zero-order valence-corrected chi connectivity index (χ0v) is 21.8. The van der Waals surface area contributed by atoms with E-state index >= 15 is 0 Å². The molecule has 0 bridgehead atoms. The molecule has 0 atom stereocenters. The summed E-state index contributed by atoms with van der Waals surface area (Å²) in [4.78, 5) is 4.21. The molecule has 0 aliphatic carbocycles. The first-order valence-electron chi connectivity index (χ1n) is 11.1. The van der Waals surface area contributed by atoms with Crippen LogP contribution in [0.1, 0.15) is 16.7 Å². The molecule has 0 spiro atoms. The molecule has 0 saturated heterocycles. The third kappa shape index (κ3) is 5.41. The van der Waals surface area contributed by atoms with Crippen LogP contribution in [0.2, 0.25) is 5.02 Å². The Morgan fingerprint density at radius 3 is 2.49 bits per heavy atom. The third-order valence-electron chi connectivity index (χ3n) is 5.49. The van der Waals surface area contributed by atoms with Crippen LogP contribution in [-0.2, 0) is 16.4 Å². The van der Waals surface area contributed by atoms with Crippen molar-refractivity contribution < 1.29 is 17.9 Å². The second-order valence-electron chi connectivity index (χ2n) is 7.98. The van der Waals surface area contributed by atoms with Gasteiger partial charge in [0.15, 0.2) is 11.6 Å². The molecule has 0 aliphatic heterocycles. The van der Waals surface area contributed by atoms with Gasteiger partial charge in [0.25, 0.3) is 15.2 Å². The summed E-state index contributed by atoms with van der Waals surface area (Å²) in [5.74, 6) is 0.705. The Labute approximate surface area is 219 Å². The van der Waals surface area contributed by atoms with E-state index in [9.17, 15) is 8.42 Å². The van der Waals surface area contributed by atoms with E-state index < -0.39 is 10.0 Å². The summed E-state index contributed by atoms with van der Waals surface area (Å²) in [5, 5.41) is 17.1. The van der Waals surface area contributed by atoms with Gasteiger partial charge in [-0.05, 0) is 54.8 Å². The Morgan fingerprint density at radius 1 is 1.08 bits per heavy atom. The Hall–Kier alpha value is -3.98. The van der Waals surface area contributed by atoms with E-state index in [-0.39, 0.29) is 34.0 Å². The van der Waals surface area contributed by atoms with Gasteiger partial charge in [0.1, 0.15) is 11.4 Å². The topological polar surface area (TPSA) is 132 Å². The van der Waals surface area contributed by atoms with Crippen LogP contribution in [0.4, 0.5) is 0 Å². The molecule has 0 aliphatic rings. The summed E-state index contributed by atoms with van der Waals surface area (Å²) in [6, 6.07) is 14.0. The van der Waals surface area contributed by atoms with Crippen LogP contribution < -0.4 is 14.2 Å². The number of hydrogen-bond donors (Lipinski definition) is 1. The lowest BCUT2D eigenvalue weighted by molar-refractivity contribution is 0.390. The lowest BCUT2D eigenvalue weighted by Gasteiger charge is -2.18. The molecule has 1 N–H and O–H groups in total. The maximum absolute atomic E-state index is 13.5. The number of nitrogens with one attached hydrogen (secondary N) is 1. The number of sulfonamides is 1. The molecule has 0 fully saturated rings. The van der Waals surface area contributed by atoms with Crippen molar-refractivity contribution in [3.05, 3.63) is 76.6 Å². The fourth-order valence-electron chi connectivity index (χ4n) is 3.75. The van der Waals surface area contributed by atoms with Crippen molar-refractivity contribution in [1.29, 1.82) is 5.26 Å². The molecule has 4 rings (SSSR count). The van der Waals surface area contributed by atoms with Gasteiger partial charge in [0.05, 0.1) is 30.9 Å². The summed E-state index contributed by atoms with van der Waals surface area (Å²) < 4.78 is 42.0. The van der Waals surface area contributed by atoms with E-state index in [1.54, 1.807) is 48.8 Å². The molecule has 10 nitrogen and oxygen atoms in total. The zero-order chi connectivity index (χ0) is 26.6. The van der Waals surface area contributed by atoms with Crippen molar-refractivity contribution >= 4 is 21.6 Å². The molecule has 190 valence electrons. The SMILES string of the molecule is COc1ccc(Cl)c(OC)c1-n1c(-c2cncc(C)c2)nnc1S(=O)(=O)NCCc1ccc(C#N)cc1. The third-order valence-corrected chi connectivity index (χ3v) is 7.12. The van der Waals surface area contributed by atoms with Crippen LogP contribution in [0.5, 0.6) is 11.5 Å². The molecule has 0 amide bonds. The van der Waals surface area contributed by atoms with E-state index in [0.717, 1.165) is 11.1 Å². The number of nitrogens with zero attached hydrogens (tertiary/aromatic N) is 5. The Morgan fingerprint density at radius 2 is 1.84 bits per heavy atom. The lowest BCUT2D eigenvalue weighted by atomic mass is 10.1. The Kier molecular flexibility index (Phi) is 7.73.